The third kappa shape index (κ3) is 2.12. The van der Waals surface area contributed by atoms with E-state index in [1.54, 1.807) is 11.4 Å². The number of para-hydroxylation sites is 1. The SMILES string of the molecule is O=C(ON=C1C=CC=C2N=c3ccccc3=C21)c1ccsc1. The van der Waals surface area contributed by atoms with Gasteiger partial charge in [0.25, 0.3) is 0 Å². The Balaban J connectivity index is 1.73. The van der Waals surface area contributed by atoms with Crippen molar-refractivity contribution in [2.75, 3.05) is 0 Å². The number of fused-ring (bicyclic) bond motifs is 2. The van der Waals surface area contributed by atoms with Gasteiger partial charge in [-0.15, -0.1) is 0 Å². The van der Waals surface area contributed by atoms with Crippen LogP contribution in [0.3, 0.4) is 0 Å². The summed E-state index contributed by atoms with van der Waals surface area (Å²) < 4.78 is 0. The largest absolute Gasteiger partial charge is 0.366 e. The molecule has 0 atom stereocenters. The van der Waals surface area contributed by atoms with Gasteiger partial charge >= 0.3 is 5.97 Å². The Kier molecular flexibility index (Phi) is 3.05. The summed E-state index contributed by atoms with van der Waals surface area (Å²) in [5.74, 6) is -0.456. The Morgan fingerprint density at radius 2 is 2.14 bits per heavy atom. The molecule has 106 valence electrons. The summed E-state index contributed by atoms with van der Waals surface area (Å²) in [6.07, 6.45) is 5.60. The molecule has 0 saturated heterocycles. The van der Waals surface area contributed by atoms with Gasteiger partial charge in [-0.1, -0.05) is 29.4 Å². The van der Waals surface area contributed by atoms with Gasteiger partial charge in [-0.25, -0.2) is 9.79 Å². The second-order valence-electron chi connectivity index (χ2n) is 4.78. The predicted molar refractivity (Wildman–Crippen MR) is 85.0 cm³/mol. The average molecular weight is 306 g/mol. The zero-order valence-electron chi connectivity index (χ0n) is 11.4. The maximum absolute atomic E-state index is 11.9. The minimum absolute atomic E-state index is 0.456. The van der Waals surface area contributed by atoms with E-state index >= 15 is 0 Å². The summed E-state index contributed by atoms with van der Waals surface area (Å²) in [6.45, 7) is 0. The third-order valence-electron chi connectivity index (χ3n) is 3.42. The van der Waals surface area contributed by atoms with Gasteiger partial charge in [0.2, 0.25) is 0 Å². The Hall–Kier alpha value is -2.79. The fourth-order valence-corrected chi connectivity index (χ4v) is 3.03. The zero-order chi connectivity index (χ0) is 14.9. The van der Waals surface area contributed by atoms with Crippen molar-refractivity contribution in [2.24, 2.45) is 10.1 Å². The first-order valence-corrected chi connectivity index (χ1v) is 7.66. The second-order valence-corrected chi connectivity index (χ2v) is 5.56. The Morgan fingerprint density at radius 3 is 3.00 bits per heavy atom. The molecular weight excluding hydrogens is 296 g/mol. The van der Waals surface area contributed by atoms with Crippen molar-refractivity contribution in [1.29, 1.82) is 0 Å². The highest BCUT2D eigenvalue weighted by Crippen LogP contribution is 2.21. The number of carbonyl (C=O) groups excluding carboxylic acids is 1. The van der Waals surface area contributed by atoms with Crippen LogP contribution in [0.1, 0.15) is 10.4 Å². The molecule has 1 aliphatic carbocycles. The van der Waals surface area contributed by atoms with Gasteiger partial charge < -0.3 is 4.84 Å². The van der Waals surface area contributed by atoms with Crippen LogP contribution in [0.2, 0.25) is 0 Å². The molecule has 0 spiro atoms. The van der Waals surface area contributed by atoms with Crippen molar-refractivity contribution >= 4 is 28.6 Å². The molecular formula is C17H10N2O2S. The summed E-state index contributed by atoms with van der Waals surface area (Å²) in [5, 5.41) is 9.50. The minimum Gasteiger partial charge on any atom is -0.312 e. The maximum Gasteiger partial charge on any atom is 0.366 e. The number of oxime groups is 1. The highest BCUT2D eigenvalue weighted by atomic mass is 32.1. The number of hydrogen-bond acceptors (Lipinski definition) is 5. The second kappa shape index (κ2) is 5.20. The lowest BCUT2D eigenvalue weighted by atomic mass is 10.0. The smallest absolute Gasteiger partial charge is 0.312 e. The van der Waals surface area contributed by atoms with Crippen molar-refractivity contribution in [2.45, 2.75) is 0 Å². The van der Waals surface area contributed by atoms with Crippen LogP contribution in [0, 0.1) is 0 Å². The number of thiophene rings is 1. The lowest BCUT2D eigenvalue weighted by Crippen LogP contribution is -2.24. The van der Waals surface area contributed by atoms with Gasteiger partial charge in [-0.3, -0.25) is 0 Å². The lowest BCUT2D eigenvalue weighted by molar-refractivity contribution is 0.0518. The van der Waals surface area contributed by atoms with Gasteiger partial charge in [-0.2, -0.15) is 11.3 Å². The number of benzene rings is 1. The molecule has 0 radical (unpaired) electrons. The van der Waals surface area contributed by atoms with Crippen LogP contribution in [0.4, 0.5) is 0 Å². The average Bonchev–Trinajstić information content (AvgIpc) is 3.19. The minimum atomic E-state index is -0.456. The van der Waals surface area contributed by atoms with E-state index in [4.69, 9.17) is 4.84 Å². The summed E-state index contributed by atoms with van der Waals surface area (Å²) in [6, 6.07) is 9.56. The molecule has 5 heteroatoms. The van der Waals surface area contributed by atoms with Gasteiger partial charge in [0.1, 0.15) is 5.71 Å². The number of hydrogen-bond donors (Lipinski definition) is 0. The van der Waals surface area contributed by atoms with Crippen LogP contribution >= 0.6 is 11.3 Å². The van der Waals surface area contributed by atoms with Crippen LogP contribution in [-0.4, -0.2) is 11.7 Å². The van der Waals surface area contributed by atoms with E-state index in [1.807, 2.05) is 47.9 Å². The molecule has 0 unspecified atom stereocenters. The van der Waals surface area contributed by atoms with Gasteiger partial charge in [0, 0.05) is 16.2 Å². The molecule has 0 amide bonds. The Labute approximate surface area is 130 Å². The number of carbonyl (C=O) groups is 1. The Morgan fingerprint density at radius 1 is 1.23 bits per heavy atom. The molecule has 2 aromatic rings. The molecule has 1 aromatic heterocycles. The van der Waals surface area contributed by atoms with Crippen LogP contribution < -0.4 is 10.6 Å². The van der Waals surface area contributed by atoms with E-state index in [0.717, 1.165) is 21.8 Å². The zero-order valence-corrected chi connectivity index (χ0v) is 12.2. The summed E-state index contributed by atoms with van der Waals surface area (Å²) in [4.78, 5) is 21.5. The first kappa shape index (κ1) is 12.9. The molecule has 0 fully saturated rings. The fourth-order valence-electron chi connectivity index (χ4n) is 2.41. The predicted octanol–water partition coefficient (Wildman–Crippen LogP) is 2.20. The van der Waals surface area contributed by atoms with Crippen LogP contribution in [0.5, 0.6) is 0 Å². The van der Waals surface area contributed by atoms with Gasteiger partial charge in [-0.05, 0) is 29.7 Å². The fraction of sp³-hybridized carbons (Fsp3) is 0. The lowest BCUT2D eigenvalue weighted by Gasteiger charge is -2.07. The summed E-state index contributed by atoms with van der Waals surface area (Å²) in [5.41, 5.74) is 2.85. The molecule has 0 N–H and O–H groups in total. The number of rotatable bonds is 2. The highest BCUT2D eigenvalue weighted by Gasteiger charge is 2.20. The van der Waals surface area contributed by atoms with Gasteiger partial charge in [0.15, 0.2) is 0 Å². The van der Waals surface area contributed by atoms with E-state index in [9.17, 15) is 4.79 Å². The van der Waals surface area contributed by atoms with E-state index in [2.05, 4.69) is 10.1 Å². The van der Waals surface area contributed by atoms with Crippen molar-refractivity contribution in [3.05, 3.63) is 81.2 Å². The maximum atomic E-state index is 11.9. The van der Waals surface area contributed by atoms with Crippen molar-refractivity contribution in [3.8, 4) is 0 Å². The summed E-state index contributed by atoms with van der Waals surface area (Å²) in [7, 11) is 0. The quantitative estimate of drug-likeness (QED) is 0.631. The number of allylic oxidation sites excluding steroid dienone is 4. The van der Waals surface area contributed by atoms with Crippen molar-refractivity contribution < 1.29 is 9.63 Å². The molecule has 0 saturated carbocycles. The summed E-state index contributed by atoms with van der Waals surface area (Å²) >= 11 is 1.44. The highest BCUT2D eigenvalue weighted by molar-refractivity contribution is 7.08. The van der Waals surface area contributed by atoms with E-state index in [1.165, 1.54) is 11.3 Å². The van der Waals surface area contributed by atoms with Crippen LogP contribution in [0.25, 0.3) is 5.57 Å². The van der Waals surface area contributed by atoms with Crippen molar-refractivity contribution in [3.63, 3.8) is 0 Å². The van der Waals surface area contributed by atoms with Crippen molar-refractivity contribution in [1.82, 2.24) is 0 Å². The third-order valence-corrected chi connectivity index (χ3v) is 4.10. The molecule has 2 aliphatic rings. The van der Waals surface area contributed by atoms with E-state index in [0.29, 0.717) is 11.3 Å². The molecule has 22 heavy (non-hydrogen) atoms. The number of nitrogens with zero attached hydrogens (tertiary/aromatic N) is 2. The van der Waals surface area contributed by atoms with Gasteiger partial charge in [0.05, 0.1) is 16.6 Å². The Bertz CT molecular complexity index is 966. The first-order chi connectivity index (χ1) is 10.8. The molecule has 4 nitrogen and oxygen atoms in total. The monoisotopic (exact) mass is 306 g/mol. The van der Waals surface area contributed by atoms with Crippen LogP contribution in [0.15, 0.2) is 75.2 Å². The van der Waals surface area contributed by atoms with E-state index in [-0.39, 0.29) is 0 Å². The molecule has 1 aromatic carbocycles. The standard InChI is InChI=1S/C17H10N2O2S/c20-17(11-8-9-22-10-11)21-19-15-7-3-6-14-16(15)12-4-1-2-5-13(12)18-14/h1-10H. The molecule has 0 bridgehead atoms. The molecule has 2 heterocycles. The topological polar surface area (TPSA) is 51.0 Å². The molecule has 1 aliphatic heterocycles. The van der Waals surface area contributed by atoms with Crippen LogP contribution in [-0.2, 0) is 4.84 Å². The first-order valence-electron chi connectivity index (χ1n) is 6.72. The van der Waals surface area contributed by atoms with E-state index < -0.39 is 5.97 Å². The normalized spacial score (nSPS) is 16.8. The molecule has 4 rings (SSSR count).